The standard InChI is InChI=1S/C23H30FNO2/c1-25(2)16-19-7-5-9-22(18-6-4-8-21(14-18)27-3)23(19,26)15-17-10-12-20(24)13-11-17/h4,6,8,10-14,19,22,26H,5,7,9,15-16H2,1-3H3. The Morgan fingerprint density at radius 2 is 1.89 bits per heavy atom. The van der Waals surface area contributed by atoms with Crippen molar-refractivity contribution in [2.45, 2.75) is 37.2 Å². The van der Waals surface area contributed by atoms with Gasteiger partial charge in [0, 0.05) is 24.8 Å². The normalized spacial score (nSPS) is 25.6. The van der Waals surface area contributed by atoms with Crippen LogP contribution in [0.15, 0.2) is 48.5 Å². The zero-order valence-corrected chi connectivity index (χ0v) is 16.5. The van der Waals surface area contributed by atoms with Crippen LogP contribution in [0.3, 0.4) is 0 Å². The van der Waals surface area contributed by atoms with Crippen LogP contribution in [-0.4, -0.2) is 43.4 Å². The minimum absolute atomic E-state index is 0.0244. The number of benzene rings is 2. The number of hydrogen-bond donors (Lipinski definition) is 1. The fraction of sp³-hybridized carbons (Fsp3) is 0.478. The lowest BCUT2D eigenvalue weighted by atomic mass is 9.63. The lowest BCUT2D eigenvalue weighted by molar-refractivity contribution is -0.0733. The minimum atomic E-state index is -0.882. The molecule has 4 heteroatoms. The maximum atomic E-state index is 13.4. The molecule has 0 aromatic heterocycles. The van der Waals surface area contributed by atoms with Crippen molar-refractivity contribution >= 4 is 0 Å². The van der Waals surface area contributed by atoms with Crippen LogP contribution in [0.5, 0.6) is 5.75 Å². The molecular formula is C23H30FNO2. The summed E-state index contributed by atoms with van der Waals surface area (Å²) in [5, 5.41) is 12.0. The molecule has 0 radical (unpaired) electrons. The lowest BCUT2D eigenvalue weighted by Crippen LogP contribution is -2.51. The number of hydrogen-bond acceptors (Lipinski definition) is 3. The van der Waals surface area contributed by atoms with Gasteiger partial charge in [0.1, 0.15) is 11.6 Å². The van der Waals surface area contributed by atoms with Crippen molar-refractivity contribution < 1.29 is 14.2 Å². The average Bonchev–Trinajstić information content (AvgIpc) is 2.65. The zero-order valence-electron chi connectivity index (χ0n) is 16.5. The number of aliphatic hydroxyl groups is 1. The molecule has 0 aliphatic heterocycles. The Balaban J connectivity index is 1.98. The molecule has 1 N–H and O–H groups in total. The van der Waals surface area contributed by atoms with Gasteiger partial charge in [0.2, 0.25) is 0 Å². The summed E-state index contributed by atoms with van der Waals surface area (Å²) in [6.45, 7) is 0.832. The van der Waals surface area contributed by atoms with Gasteiger partial charge in [0.05, 0.1) is 12.7 Å². The third kappa shape index (κ3) is 4.50. The van der Waals surface area contributed by atoms with Crippen molar-refractivity contribution in [1.29, 1.82) is 0 Å². The van der Waals surface area contributed by atoms with Crippen LogP contribution < -0.4 is 4.74 Å². The first-order chi connectivity index (χ1) is 12.9. The molecule has 3 unspecified atom stereocenters. The Labute approximate surface area is 161 Å². The fourth-order valence-electron chi connectivity index (χ4n) is 4.55. The molecule has 2 aromatic rings. The highest BCUT2D eigenvalue weighted by Gasteiger charge is 2.46. The van der Waals surface area contributed by atoms with Gasteiger partial charge in [-0.2, -0.15) is 0 Å². The van der Waals surface area contributed by atoms with Crippen molar-refractivity contribution in [1.82, 2.24) is 4.90 Å². The molecule has 3 nitrogen and oxygen atoms in total. The summed E-state index contributed by atoms with van der Waals surface area (Å²) in [4.78, 5) is 2.15. The van der Waals surface area contributed by atoms with Crippen LogP contribution in [0.4, 0.5) is 4.39 Å². The predicted octanol–water partition coefficient (Wildman–Crippen LogP) is 4.25. The van der Waals surface area contributed by atoms with Crippen LogP contribution in [-0.2, 0) is 6.42 Å². The van der Waals surface area contributed by atoms with E-state index in [0.717, 1.165) is 42.7 Å². The Morgan fingerprint density at radius 3 is 2.56 bits per heavy atom. The van der Waals surface area contributed by atoms with E-state index in [1.54, 1.807) is 19.2 Å². The van der Waals surface area contributed by atoms with E-state index in [4.69, 9.17) is 4.74 Å². The third-order valence-electron chi connectivity index (χ3n) is 5.84. The number of halogens is 1. The van der Waals surface area contributed by atoms with Crippen molar-refractivity contribution in [2.75, 3.05) is 27.7 Å². The molecule has 0 bridgehead atoms. The average molecular weight is 371 g/mol. The number of ether oxygens (including phenoxy) is 1. The summed E-state index contributed by atoms with van der Waals surface area (Å²) in [5.41, 5.74) is 1.20. The van der Waals surface area contributed by atoms with Crippen LogP contribution in [0.25, 0.3) is 0 Å². The number of nitrogens with zero attached hydrogens (tertiary/aromatic N) is 1. The number of rotatable bonds is 6. The lowest BCUT2D eigenvalue weighted by Gasteiger charge is -2.47. The molecule has 0 amide bonds. The largest absolute Gasteiger partial charge is 0.497 e. The predicted molar refractivity (Wildman–Crippen MR) is 107 cm³/mol. The third-order valence-corrected chi connectivity index (χ3v) is 5.84. The SMILES string of the molecule is COc1cccc(C2CCCC(CN(C)C)C2(O)Cc2ccc(F)cc2)c1. The fourth-order valence-corrected chi connectivity index (χ4v) is 4.55. The van der Waals surface area contributed by atoms with Gasteiger partial charge in [-0.3, -0.25) is 0 Å². The Hall–Kier alpha value is -1.91. The van der Waals surface area contributed by atoms with Gasteiger partial charge < -0.3 is 14.7 Å². The number of methoxy groups -OCH3 is 1. The molecule has 1 aliphatic carbocycles. The molecule has 0 saturated heterocycles. The maximum Gasteiger partial charge on any atom is 0.123 e. The highest BCUT2D eigenvalue weighted by molar-refractivity contribution is 5.34. The molecule has 1 fully saturated rings. The van der Waals surface area contributed by atoms with Gasteiger partial charge in [-0.15, -0.1) is 0 Å². The van der Waals surface area contributed by atoms with Crippen LogP contribution >= 0.6 is 0 Å². The first kappa shape index (κ1) is 19.8. The molecule has 3 rings (SSSR count). The van der Waals surface area contributed by atoms with Crippen molar-refractivity contribution in [3.8, 4) is 5.75 Å². The van der Waals surface area contributed by atoms with E-state index in [9.17, 15) is 9.50 Å². The summed E-state index contributed by atoms with van der Waals surface area (Å²) in [7, 11) is 5.76. The van der Waals surface area contributed by atoms with Crippen molar-refractivity contribution in [3.63, 3.8) is 0 Å². The Bertz CT molecular complexity index is 746. The Kier molecular flexibility index (Phi) is 6.18. The summed E-state index contributed by atoms with van der Waals surface area (Å²) >= 11 is 0. The monoisotopic (exact) mass is 371 g/mol. The van der Waals surface area contributed by atoms with Crippen molar-refractivity contribution in [2.24, 2.45) is 5.92 Å². The van der Waals surface area contributed by atoms with E-state index in [2.05, 4.69) is 11.0 Å². The zero-order chi connectivity index (χ0) is 19.4. The van der Waals surface area contributed by atoms with Crippen molar-refractivity contribution in [3.05, 3.63) is 65.5 Å². The second-order valence-corrected chi connectivity index (χ2v) is 8.01. The van der Waals surface area contributed by atoms with E-state index in [1.165, 1.54) is 12.1 Å². The van der Waals surface area contributed by atoms with Gasteiger partial charge >= 0.3 is 0 Å². The minimum Gasteiger partial charge on any atom is -0.497 e. The highest BCUT2D eigenvalue weighted by Crippen LogP contribution is 2.47. The summed E-state index contributed by atoms with van der Waals surface area (Å²) < 4.78 is 18.8. The van der Waals surface area contributed by atoms with E-state index in [-0.39, 0.29) is 17.7 Å². The first-order valence-corrected chi connectivity index (χ1v) is 9.68. The maximum absolute atomic E-state index is 13.4. The molecule has 1 saturated carbocycles. The van der Waals surface area contributed by atoms with Gasteiger partial charge in [0.25, 0.3) is 0 Å². The van der Waals surface area contributed by atoms with E-state index in [1.807, 2.05) is 32.3 Å². The van der Waals surface area contributed by atoms with Crippen LogP contribution in [0.2, 0.25) is 0 Å². The highest BCUT2D eigenvalue weighted by atomic mass is 19.1. The van der Waals surface area contributed by atoms with Gasteiger partial charge in [-0.1, -0.05) is 30.7 Å². The Morgan fingerprint density at radius 1 is 1.15 bits per heavy atom. The second kappa shape index (κ2) is 8.41. The molecule has 1 aliphatic rings. The summed E-state index contributed by atoms with van der Waals surface area (Å²) in [6, 6.07) is 14.6. The smallest absolute Gasteiger partial charge is 0.123 e. The summed E-state index contributed by atoms with van der Waals surface area (Å²) in [6.07, 6.45) is 3.55. The molecular weight excluding hydrogens is 341 g/mol. The van der Waals surface area contributed by atoms with Gasteiger partial charge in [-0.05, 0) is 62.3 Å². The van der Waals surface area contributed by atoms with Gasteiger partial charge in [-0.25, -0.2) is 4.39 Å². The van der Waals surface area contributed by atoms with Crippen LogP contribution in [0.1, 0.15) is 36.3 Å². The first-order valence-electron chi connectivity index (χ1n) is 9.68. The quantitative estimate of drug-likeness (QED) is 0.824. The van der Waals surface area contributed by atoms with E-state index < -0.39 is 5.60 Å². The van der Waals surface area contributed by atoms with Crippen LogP contribution in [0, 0.1) is 11.7 Å². The molecule has 146 valence electrons. The summed E-state index contributed by atoms with van der Waals surface area (Å²) in [5.74, 6) is 0.744. The van der Waals surface area contributed by atoms with E-state index >= 15 is 0 Å². The van der Waals surface area contributed by atoms with Gasteiger partial charge in [0.15, 0.2) is 0 Å². The molecule has 3 atom stereocenters. The molecule has 0 spiro atoms. The molecule has 0 heterocycles. The topological polar surface area (TPSA) is 32.7 Å². The molecule has 27 heavy (non-hydrogen) atoms. The second-order valence-electron chi connectivity index (χ2n) is 8.01. The molecule has 2 aromatic carbocycles. The van der Waals surface area contributed by atoms with E-state index in [0.29, 0.717) is 6.42 Å².